The number of carbonyl (C=O) groups excluding carboxylic acids is 3. The van der Waals surface area contributed by atoms with Crippen molar-refractivity contribution >= 4 is 17.9 Å². The van der Waals surface area contributed by atoms with E-state index in [2.05, 4.69) is 123 Å². The van der Waals surface area contributed by atoms with Crippen molar-refractivity contribution in [3.63, 3.8) is 0 Å². The van der Waals surface area contributed by atoms with Crippen LogP contribution in [0.2, 0.25) is 0 Å². The summed E-state index contributed by atoms with van der Waals surface area (Å²) in [4.78, 5) is 36.9. The Morgan fingerprint density at radius 3 is 1.25 bits per heavy atom. The predicted molar refractivity (Wildman–Crippen MR) is 241 cm³/mol. The molecule has 59 heavy (non-hydrogen) atoms. The van der Waals surface area contributed by atoms with Crippen molar-refractivity contribution in [1.29, 1.82) is 0 Å². The molecule has 0 rings (SSSR count). The quantitative estimate of drug-likeness (QED) is 0.0200. The van der Waals surface area contributed by atoms with Gasteiger partial charge in [-0.05, 0) is 89.9 Å². The lowest BCUT2D eigenvalue weighted by Gasteiger charge is -2.26. The summed E-state index contributed by atoms with van der Waals surface area (Å²) in [5.41, 5.74) is 0. The molecule has 9 nitrogen and oxygen atoms in total. The predicted octanol–water partition coefficient (Wildman–Crippen LogP) is 10.1. The number of unbranched alkanes of at least 4 members (excludes halogenated alkanes) is 2. The normalized spacial score (nSPS) is 14.1. The fourth-order valence-electron chi connectivity index (χ4n) is 4.90. The topological polar surface area (TPSA) is 111 Å². The number of carboxylic acids is 1. The summed E-state index contributed by atoms with van der Waals surface area (Å²) in [6.07, 6.45) is 52.5. The number of carbonyl (C=O) groups is 3. The molecule has 0 bridgehead atoms. The van der Waals surface area contributed by atoms with E-state index in [9.17, 15) is 19.5 Å². The van der Waals surface area contributed by atoms with Gasteiger partial charge in [0.1, 0.15) is 13.2 Å². The zero-order valence-electron chi connectivity index (χ0n) is 37.1. The Kier molecular flexibility index (Phi) is 37.5. The maximum atomic E-state index is 12.7. The van der Waals surface area contributed by atoms with Gasteiger partial charge in [0, 0.05) is 12.8 Å². The van der Waals surface area contributed by atoms with Gasteiger partial charge in [-0.2, -0.15) is 0 Å². The number of carboxylic acid groups (broad SMARTS) is 1. The third kappa shape index (κ3) is 41.6. The van der Waals surface area contributed by atoms with Crippen LogP contribution in [0.1, 0.15) is 117 Å². The average Bonchev–Trinajstić information content (AvgIpc) is 3.19. The van der Waals surface area contributed by atoms with Gasteiger partial charge in [0.05, 0.1) is 40.3 Å². The summed E-state index contributed by atoms with van der Waals surface area (Å²) < 4.78 is 22.4. The van der Waals surface area contributed by atoms with Crippen molar-refractivity contribution in [1.82, 2.24) is 0 Å². The molecule has 330 valence electrons. The van der Waals surface area contributed by atoms with Crippen LogP contribution >= 0.6 is 0 Å². The number of allylic oxidation sites excluding steroid dienone is 20. The van der Waals surface area contributed by atoms with Crippen LogP contribution in [0.15, 0.2) is 122 Å². The van der Waals surface area contributed by atoms with Crippen LogP contribution in [-0.4, -0.2) is 82.3 Å². The first kappa shape index (κ1) is 54.7. The number of quaternary nitrogens is 1. The molecule has 0 amide bonds. The Bertz CT molecular complexity index is 1370. The molecule has 0 aliphatic carbocycles. The van der Waals surface area contributed by atoms with Crippen LogP contribution in [0.4, 0.5) is 0 Å². The van der Waals surface area contributed by atoms with Gasteiger partial charge in [-0.25, -0.2) is 0 Å². The minimum atomic E-state index is -1.66. The molecular weight excluding hydrogens is 743 g/mol. The maximum absolute atomic E-state index is 12.7. The minimum absolute atomic E-state index is 0.120. The third-order valence-corrected chi connectivity index (χ3v) is 8.20. The van der Waals surface area contributed by atoms with E-state index in [0.29, 0.717) is 30.3 Å². The molecule has 0 fully saturated rings. The van der Waals surface area contributed by atoms with Crippen LogP contribution in [0.5, 0.6) is 0 Å². The van der Waals surface area contributed by atoms with Gasteiger partial charge in [0.15, 0.2) is 12.4 Å². The highest BCUT2D eigenvalue weighted by Crippen LogP contribution is 2.08. The van der Waals surface area contributed by atoms with Gasteiger partial charge < -0.3 is 33.3 Å². The Hall–Kier alpha value is -4.31. The number of hydrogen-bond acceptors (Lipinski definition) is 8. The Balaban J connectivity index is 4.69. The van der Waals surface area contributed by atoms with E-state index >= 15 is 0 Å². The lowest BCUT2D eigenvalue weighted by Crippen LogP contribution is -2.44. The summed E-state index contributed by atoms with van der Waals surface area (Å²) in [5.74, 6) is -2.47. The molecule has 0 aromatic rings. The fourth-order valence-corrected chi connectivity index (χ4v) is 4.90. The van der Waals surface area contributed by atoms with Crippen LogP contribution in [0, 0.1) is 0 Å². The highest BCUT2D eigenvalue weighted by Gasteiger charge is 2.21. The summed E-state index contributed by atoms with van der Waals surface area (Å²) >= 11 is 0. The first-order chi connectivity index (χ1) is 28.6. The van der Waals surface area contributed by atoms with Crippen molar-refractivity contribution in [2.45, 2.75) is 129 Å². The first-order valence-electron chi connectivity index (χ1n) is 21.7. The van der Waals surface area contributed by atoms with E-state index in [1.807, 2.05) is 33.3 Å². The van der Waals surface area contributed by atoms with E-state index in [1.165, 1.54) is 0 Å². The van der Waals surface area contributed by atoms with Gasteiger partial charge in [0.25, 0.3) is 0 Å². The zero-order valence-corrected chi connectivity index (χ0v) is 37.1. The minimum Gasteiger partial charge on any atom is -0.545 e. The number of esters is 2. The van der Waals surface area contributed by atoms with E-state index in [0.717, 1.165) is 70.6 Å². The van der Waals surface area contributed by atoms with Crippen molar-refractivity contribution in [3.8, 4) is 0 Å². The van der Waals surface area contributed by atoms with Crippen LogP contribution in [-0.2, 0) is 33.3 Å². The van der Waals surface area contributed by atoms with Crippen molar-refractivity contribution in [2.75, 3.05) is 47.5 Å². The number of likely N-dealkylation sites (N-methyl/N-ethyl adjacent to an activating group) is 1. The summed E-state index contributed by atoms with van der Waals surface area (Å²) in [7, 11) is 5.85. The number of rotatable bonds is 37. The molecule has 2 unspecified atom stereocenters. The molecule has 0 saturated heterocycles. The Morgan fingerprint density at radius 1 is 0.508 bits per heavy atom. The third-order valence-electron chi connectivity index (χ3n) is 8.20. The monoisotopic (exact) mass is 820 g/mol. The van der Waals surface area contributed by atoms with Gasteiger partial charge >= 0.3 is 11.9 Å². The molecule has 0 aliphatic heterocycles. The molecule has 0 radical (unpaired) electrons. The van der Waals surface area contributed by atoms with Crippen molar-refractivity contribution in [3.05, 3.63) is 122 Å². The number of hydrogen-bond donors (Lipinski definition) is 0. The average molecular weight is 820 g/mol. The van der Waals surface area contributed by atoms with Gasteiger partial charge in [-0.15, -0.1) is 0 Å². The zero-order chi connectivity index (χ0) is 43.5. The number of ether oxygens (including phenoxy) is 4. The second kappa shape index (κ2) is 40.5. The molecule has 0 aromatic heterocycles. The van der Waals surface area contributed by atoms with Gasteiger partial charge in [-0.1, -0.05) is 135 Å². The Morgan fingerprint density at radius 2 is 0.881 bits per heavy atom. The molecular formula is C50H77NO8. The molecule has 9 heteroatoms. The van der Waals surface area contributed by atoms with E-state index in [4.69, 9.17) is 18.9 Å². The molecule has 0 spiro atoms. The second-order valence-corrected chi connectivity index (χ2v) is 14.9. The van der Waals surface area contributed by atoms with E-state index < -0.39 is 30.3 Å². The van der Waals surface area contributed by atoms with Gasteiger partial charge in [0.2, 0.25) is 0 Å². The fraction of sp³-hybridized carbons (Fsp3) is 0.540. The summed E-state index contributed by atoms with van der Waals surface area (Å²) in [6, 6.07) is 0. The highest BCUT2D eigenvalue weighted by molar-refractivity contribution is 5.70. The summed E-state index contributed by atoms with van der Waals surface area (Å²) in [5, 5.41) is 11.7. The SMILES string of the molecule is CC/C=C\C/C=C\C/C=C\C/C=C\C/C=C\CCCC(=O)OCC(COC(OCC[N+](C)(C)C)C(=O)[O-])OC(=O)CCC/C=C\C/C=C\C/C=C\C/C=C\C/C=C\CC. The lowest BCUT2D eigenvalue weighted by atomic mass is 10.2. The lowest BCUT2D eigenvalue weighted by molar-refractivity contribution is -0.870. The summed E-state index contributed by atoms with van der Waals surface area (Å²) in [6.45, 7) is 4.33. The van der Waals surface area contributed by atoms with Crippen LogP contribution < -0.4 is 5.11 Å². The molecule has 0 saturated carbocycles. The number of nitrogens with zero attached hydrogens (tertiary/aromatic N) is 1. The molecule has 0 N–H and O–H groups in total. The van der Waals surface area contributed by atoms with Crippen molar-refractivity contribution in [2.24, 2.45) is 0 Å². The first-order valence-corrected chi connectivity index (χ1v) is 21.7. The van der Waals surface area contributed by atoms with Gasteiger partial charge in [-0.3, -0.25) is 9.59 Å². The molecule has 2 atom stereocenters. The largest absolute Gasteiger partial charge is 0.545 e. The maximum Gasteiger partial charge on any atom is 0.306 e. The molecule has 0 aromatic carbocycles. The van der Waals surface area contributed by atoms with E-state index in [-0.39, 0.29) is 32.7 Å². The smallest absolute Gasteiger partial charge is 0.306 e. The highest BCUT2D eigenvalue weighted by atomic mass is 16.7. The van der Waals surface area contributed by atoms with Crippen LogP contribution in [0.25, 0.3) is 0 Å². The van der Waals surface area contributed by atoms with E-state index in [1.54, 1.807) is 0 Å². The molecule has 0 heterocycles. The van der Waals surface area contributed by atoms with Crippen molar-refractivity contribution < 1.29 is 42.9 Å². The number of aliphatic carboxylic acids is 1. The second-order valence-electron chi connectivity index (χ2n) is 14.9. The Labute approximate surface area is 357 Å². The van der Waals surface area contributed by atoms with Crippen LogP contribution in [0.3, 0.4) is 0 Å². The standard InChI is InChI=1S/C50H77NO8/c1-6-8-10-12-14-16-18-20-22-24-26-28-30-32-34-36-38-40-47(52)57-44-46(45-58-50(49(54)55)56-43-42-51(3,4)5)59-48(53)41-39-37-35-33-31-29-27-25-23-21-19-17-15-13-11-9-7-2/h8-11,14-17,20-23,26-29,32-35,46,50H,6-7,12-13,18-19,24-25,30-31,36-45H2,1-5H3/b10-8-,11-9-,16-14-,17-15-,22-20-,23-21-,28-26-,29-27-,34-32-,35-33-. The molecule has 0 aliphatic rings.